The molecule has 0 amide bonds. The Morgan fingerprint density at radius 2 is 1.90 bits per heavy atom. The highest BCUT2D eigenvalue weighted by molar-refractivity contribution is 7.91. The molecule has 0 heterocycles. The van der Waals surface area contributed by atoms with E-state index in [4.69, 9.17) is 5.11 Å². The summed E-state index contributed by atoms with van der Waals surface area (Å²) < 4.78 is 49.0. The smallest absolute Gasteiger partial charge is 0.341 e. The monoisotopic (exact) mass is 321 g/mol. The van der Waals surface area contributed by atoms with Gasteiger partial charge in [-0.3, -0.25) is 4.79 Å². The number of benzene rings is 1. The SMILES string of the molecule is CCN(c1ccccc1S(=O)(=O)C(F)F)C(C)CC(=O)O. The molecule has 1 atom stereocenters. The fourth-order valence-electron chi connectivity index (χ4n) is 2.11. The molecule has 21 heavy (non-hydrogen) atoms. The highest BCUT2D eigenvalue weighted by atomic mass is 32.2. The number of para-hydroxylation sites is 1. The van der Waals surface area contributed by atoms with Crippen LogP contribution in [-0.4, -0.2) is 37.8 Å². The first-order valence-electron chi connectivity index (χ1n) is 6.31. The molecule has 0 spiro atoms. The Kier molecular flexibility index (Phi) is 5.65. The Morgan fingerprint density at radius 1 is 1.33 bits per heavy atom. The van der Waals surface area contributed by atoms with Crippen molar-refractivity contribution in [3.05, 3.63) is 24.3 Å². The molecule has 1 rings (SSSR count). The van der Waals surface area contributed by atoms with Crippen molar-refractivity contribution in [1.82, 2.24) is 0 Å². The third-order valence-corrected chi connectivity index (χ3v) is 4.49. The highest BCUT2D eigenvalue weighted by Gasteiger charge is 2.31. The van der Waals surface area contributed by atoms with E-state index in [1.165, 1.54) is 23.1 Å². The topological polar surface area (TPSA) is 74.7 Å². The molecule has 0 bridgehead atoms. The van der Waals surface area contributed by atoms with Crippen molar-refractivity contribution in [2.24, 2.45) is 0 Å². The van der Waals surface area contributed by atoms with E-state index in [9.17, 15) is 22.0 Å². The third-order valence-electron chi connectivity index (χ3n) is 3.06. The Hall–Kier alpha value is -1.70. The Morgan fingerprint density at radius 3 is 2.38 bits per heavy atom. The first-order chi connectivity index (χ1) is 9.71. The van der Waals surface area contributed by atoms with E-state index >= 15 is 0 Å². The Balaban J connectivity index is 3.32. The molecule has 0 radical (unpaired) electrons. The molecule has 1 aromatic rings. The van der Waals surface area contributed by atoms with Crippen LogP contribution in [0.2, 0.25) is 0 Å². The molecule has 1 aromatic carbocycles. The molecule has 1 unspecified atom stereocenters. The standard InChI is InChI=1S/C13H17F2NO4S/c1-3-16(9(2)8-12(17)18)10-6-4-5-7-11(10)21(19,20)13(14)15/h4-7,9,13H,3,8H2,1-2H3,(H,17,18). The highest BCUT2D eigenvalue weighted by Crippen LogP contribution is 2.30. The molecular formula is C13H17F2NO4S. The fraction of sp³-hybridized carbons (Fsp3) is 0.462. The lowest BCUT2D eigenvalue weighted by molar-refractivity contribution is -0.137. The molecule has 0 fully saturated rings. The molecule has 0 saturated heterocycles. The fourth-order valence-corrected chi connectivity index (χ4v) is 3.05. The summed E-state index contributed by atoms with van der Waals surface area (Å²) in [6.07, 6.45) is -0.225. The summed E-state index contributed by atoms with van der Waals surface area (Å²) in [5.74, 6) is -4.57. The van der Waals surface area contributed by atoms with Gasteiger partial charge in [-0.1, -0.05) is 12.1 Å². The minimum absolute atomic E-state index is 0.0917. The molecule has 118 valence electrons. The number of anilines is 1. The number of hydrogen-bond donors (Lipinski definition) is 1. The summed E-state index contributed by atoms with van der Waals surface area (Å²) in [6.45, 7) is 3.59. The zero-order valence-corrected chi connectivity index (χ0v) is 12.5. The lowest BCUT2D eigenvalue weighted by atomic mass is 10.1. The van der Waals surface area contributed by atoms with Gasteiger partial charge in [0.25, 0.3) is 0 Å². The van der Waals surface area contributed by atoms with E-state index in [2.05, 4.69) is 0 Å². The lowest BCUT2D eigenvalue weighted by Crippen LogP contribution is -2.35. The second kappa shape index (κ2) is 6.84. The summed E-state index contributed by atoms with van der Waals surface area (Å²) in [7, 11) is -4.75. The molecule has 0 aliphatic carbocycles. The van der Waals surface area contributed by atoms with Crippen molar-refractivity contribution in [3.8, 4) is 0 Å². The van der Waals surface area contributed by atoms with E-state index < -0.39 is 32.5 Å². The van der Waals surface area contributed by atoms with Crippen LogP contribution in [-0.2, 0) is 14.6 Å². The van der Waals surface area contributed by atoms with E-state index in [-0.39, 0.29) is 12.1 Å². The van der Waals surface area contributed by atoms with Gasteiger partial charge in [-0.2, -0.15) is 8.78 Å². The number of carbonyl (C=O) groups is 1. The van der Waals surface area contributed by atoms with E-state index in [1.54, 1.807) is 13.8 Å². The van der Waals surface area contributed by atoms with Crippen LogP contribution in [0.15, 0.2) is 29.2 Å². The van der Waals surface area contributed by atoms with Gasteiger partial charge in [0.15, 0.2) is 0 Å². The number of aliphatic carboxylic acids is 1. The molecule has 0 saturated carbocycles. The lowest BCUT2D eigenvalue weighted by Gasteiger charge is -2.30. The maximum Gasteiger partial charge on any atom is 0.341 e. The summed E-state index contributed by atoms with van der Waals surface area (Å²) in [5, 5.41) is 8.83. The van der Waals surface area contributed by atoms with E-state index in [0.29, 0.717) is 6.54 Å². The molecule has 5 nitrogen and oxygen atoms in total. The van der Waals surface area contributed by atoms with Crippen LogP contribution < -0.4 is 4.90 Å². The zero-order valence-electron chi connectivity index (χ0n) is 11.7. The first-order valence-corrected chi connectivity index (χ1v) is 7.86. The van der Waals surface area contributed by atoms with Crippen LogP contribution in [0.4, 0.5) is 14.5 Å². The maximum atomic E-state index is 12.8. The van der Waals surface area contributed by atoms with E-state index in [1.807, 2.05) is 0 Å². The third kappa shape index (κ3) is 3.90. The number of carboxylic acids is 1. The number of halogens is 2. The number of alkyl halides is 2. The van der Waals surface area contributed by atoms with Crippen LogP contribution in [0, 0.1) is 0 Å². The van der Waals surface area contributed by atoms with Crippen LogP contribution in [0.25, 0.3) is 0 Å². The Labute approximate surface area is 122 Å². The van der Waals surface area contributed by atoms with Gasteiger partial charge >= 0.3 is 11.7 Å². The van der Waals surface area contributed by atoms with Gasteiger partial charge in [-0.15, -0.1) is 0 Å². The van der Waals surface area contributed by atoms with Gasteiger partial charge < -0.3 is 10.0 Å². The summed E-state index contributed by atoms with van der Waals surface area (Å²) in [6, 6.07) is 4.86. The van der Waals surface area contributed by atoms with Crippen LogP contribution in [0.3, 0.4) is 0 Å². The molecule has 0 aliphatic heterocycles. The minimum atomic E-state index is -4.75. The Bertz CT molecular complexity index is 604. The molecule has 0 aromatic heterocycles. The largest absolute Gasteiger partial charge is 0.481 e. The van der Waals surface area contributed by atoms with Crippen molar-refractivity contribution in [3.63, 3.8) is 0 Å². The number of hydrogen-bond acceptors (Lipinski definition) is 4. The summed E-state index contributed by atoms with van der Waals surface area (Å²) >= 11 is 0. The van der Waals surface area contributed by atoms with Crippen LogP contribution >= 0.6 is 0 Å². The minimum Gasteiger partial charge on any atom is -0.481 e. The second-order valence-electron chi connectivity index (χ2n) is 4.51. The van der Waals surface area contributed by atoms with Gasteiger partial charge in [0.05, 0.1) is 17.0 Å². The van der Waals surface area contributed by atoms with Gasteiger partial charge in [-0.25, -0.2) is 8.42 Å². The van der Waals surface area contributed by atoms with Crippen molar-refractivity contribution >= 4 is 21.5 Å². The number of carboxylic acid groups (broad SMARTS) is 1. The predicted molar refractivity (Wildman–Crippen MR) is 74.4 cm³/mol. The zero-order chi connectivity index (χ0) is 16.2. The van der Waals surface area contributed by atoms with Crippen molar-refractivity contribution in [2.75, 3.05) is 11.4 Å². The predicted octanol–water partition coefficient (Wildman–Crippen LogP) is 2.37. The van der Waals surface area contributed by atoms with Crippen LogP contribution in [0.1, 0.15) is 20.3 Å². The van der Waals surface area contributed by atoms with Gasteiger partial charge in [0, 0.05) is 12.6 Å². The van der Waals surface area contributed by atoms with Crippen molar-refractivity contribution in [2.45, 2.75) is 37.0 Å². The normalized spacial score (nSPS) is 13.2. The van der Waals surface area contributed by atoms with Crippen molar-refractivity contribution < 1.29 is 27.1 Å². The molecule has 1 N–H and O–H groups in total. The molecule has 8 heteroatoms. The summed E-state index contributed by atoms with van der Waals surface area (Å²) in [5.41, 5.74) is 0.0917. The van der Waals surface area contributed by atoms with Crippen molar-refractivity contribution in [1.29, 1.82) is 0 Å². The maximum absolute atomic E-state index is 12.8. The second-order valence-corrected chi connectivity index (χ2v) is 6.39. The molecule has 0 aliphatic rings. The van der Waals surface area contributed by atoms with Gasteiger partial charge in [0.1, 0.15) is 0 Å². The van der Waals surface area contributed by atoms with Crippen LogP contribution in [0.5, 0.6) is 0 Å². The quantitative estimate of drug-likeness (QED) is 0.834. The first kappa shape index (κ1) is 17.4. The van der Waals surface area contributed by atoms with Gasteiger partial charge in [0.2, 0.25) is 9.84 Å². The number of nitrogens with zero attached hydrogens (tertiary/aromatic N) is 1. The average Bonchev–Trinajstić information content (AvgIpc) is 2.39. The van der Waals surface area contributed by atoms with Gasteiger partial charge in [-0.05, 0) is 26.0 Å². The molecular weight excluding hydrogens is 304 g/mol. The summed E-state index contributed by atoms with van der Waals surface area (Å²) in [4.78, 5) is 11.8. The average molecular weight is 321 g/mol. The number of sulfone groups is 1. The van der Waals surface area contributed by atoms with E-state index in [0.717, 1.165) is 6.07 Å². The number of rotatable bonds is 7.